The minimum atomic E-state index is -0.407. The Balaban J connectivity index is 2.78. The maximum absolute atomic E-state index is 9.76. The van der Waals surface area contributed by atoms with Gasteiger partial charge in [0.15, 0.2) is 0 Å². The number of hydrogen-bond donors (Lipinski definition) is 1. The molecular weight excluding hydrogens is 212 g/mol. The van der Waals surface area contributed by atoms with Gasteiger partial charge in [-0.05, 0) is 36.0 Å². The molecule has 2 heteroatoms. The molecule has 1 aromatic carbocycles. The van der Waals surface area contributed by atoms with Crippen LogP contribution >= 0.6 is 0 Å². The molecule has 1 N–H and O–H groups in total. The van der Waals surface area contributed by atoms with E-state index in [9.17, 15) is 5.11 Å². The Morgan fingerprint density at radius 1 is 1.18 bits per heavy atom. The molecule has 0 aromatic heterocycles. The van der Waals surface area contributed by atoms with Gasteiger partial charge in [0.1, 0.15) is 12.4 Å². The first kappa shape index (κ1) is 14.0. The molecule has 17 heavy (non-hydrogen) atoms. The number of aliphatic hydroxyl groups is 1. The van der Waals surface area contributed by atoms with Crippen LogP contribution in [0.3, 0.4) is 0 Å². The largest absolute Gasteiger partial charge is 0.491 e. The fraction of sp³-hybridized carbons (Fsp3) is 0.600. The monoisotopic (exact) mass is 236 g/mol. The maximum atomic E-state index is 9.76. The standard InChI is InChI=1S/C15H24O2/c1-10(2)13-7-6-12(5)8-15(13)17-9-14(16)11(3)4/h6-8,10-11,14,16H,9H2,1-5H3. The van der Waals surface area contributed by atoms with Crippen LogP contribution in [0.15, 0.2) is 18.2 Å². The van der Waals surface area contributed by atoms with Gasteiger partial charge in [-0.2, -0.15) is 0 Å². The molecule has 0 aliphatic rings. The van der Waals surface area contributed by atoms with Crippen LogP contribution in [0.4, 0.5) is 0 Å². The van der Waals surface area contributed by atoms with Crippen molar-refractivity contribution in [1.29, 1.82) is 0 Å². The number of aryl methyl sites for hydroxylation is 1. The van der Waals surface area contributed by atoms with Crippen LogP contribution in [0.2, 0.25) is 0 Å². The zero-order valence-electron chi connectivity index (χ0n) is 11.5. The molecule has 0 saturated carbocycles. The highest BCUT2D eigenvalue weighted by Crippen LogP contribution is 2.27. The zero-order valence-corrected chi connectivity index (χ0v) is 11.5. The lowest BCUT2D eigenvalue weighted by molar-refractivity contribution is 0.0696. The molecule has 0 fully saturated rings. The Hall–Kier alpha value is -1.02. The van der Waals surface area contributed by atoms with E-state index in [1.54, 1.807) is 0 Å². The average molecular weight is 236 g/mol. The van der Waals surface area contributed by atoms with Crippen molar-refractivity contribution in [3.05, 3.63) is 29.3 Å². The van der Waals surface area contributed by atoms with Gasteiger partial charge in [-0.3, -0.25) is 0 Å². The van der Waals surface area contributed by atoms with Crippen molar-refractivity contribution in [3.63, 3.8) is 0 Å². The number of rotatable bonds is 5. The van der Waals surface area contributed by atoms with E-state index >= 15 is 0 Å². The van der Waals surface area contributed by atoms with Crippen LogP contribution in [0.1, 0.15) is 44.7 Å². The Morgan fingerprint density at radius 2 is 1.82 bits per heavy atom. The molecule has 1 aromatic rings. The third-order valence-corrected chi connectivity index (χ3v) is 2.97. The quantitative estimate of drug-likeness (QED) is 0.847. The fourth-order valence-electron chi connectivity index (χ4n) is 1.61. The third-order valence-electron chi connectivity index (χ3n) is 2.97. The van der Waals surface area contributed by atoms with Gasteiger partial charge in [-0.1, -0.05) is 39.8 Å². The first-order chi connectivity index (χ1) is 7.91. The first-order valence-electron chi connectivity index (χ1n) is 6.33. The van der Waals surface area contributed by atoms with Crippen molar-refractivity contribution in [2.24, 2.45) is 5.92 Å². The molecule has 0 bridgehead atoms. The smallest absolute Gasteiger partial charge is 0.123 e. The highest BCUT2D eigenvalue weighted by molar-refractivity contribution is 5.39. The van der Waals surface area contributed by atoms with Gasteiger partial charge >= 0.3 is 0 Å². The molecule has 0 radical (unpaired) electrons. The van der Waals surface area contributed by atoms with Gasteiger partial charge in [-0.15, -0.1) is 0 Å². The molecule has 0 aliphatic carbocycles. The van der Waals surface area contributed by atoms with Crippen LogP contribution < -0.4 is 4.74 Å². The summed E-state index contributed by atoms with van der Waals surface area (Å²) in [6, 6.07) is 6.25. The third kappa shape index (κ3) is 4.04. The summed E-state index contributed by atoms with van der Waals surface area (Å²) < 4.78 is 5.75. The zero-order chi connectivity index (χ0) is 13.0. The van der Waals surface area contributed by atoms with E-state index in [0.29, 0.717) is 12.5 Å². The van der Waals surface area contributed by atoms with Gasteiger partial charge in [-0.25, -0.2) is 0 Å². The topological polar surface area (TPSA) is 29.5 Å². The van der Waals surface area contributed by atoms with Crippen molar-refractivity contribution >= 4 is 0 Å². The summed E-state index contributed by atoms with van der Waals surface area (Å²) in [6.07, 6.45) is -0.407. The Bertz CT molecular complexity index is 356. The molecule has 0 heterocycles. The van der Waals surface area contributed by atoms with Crippen LogP contribution in [0.25, 0.3) is 0 Å². The van der Waals surface area contributed by atoms with E-state index in [1.165, 1.54) is 11.1 Å². The van der Waals surface area contributed by atoms with Crippen molar-refractivity contribution in [2.75, 3.05) is 6.61 Å². The SMILES string of the molecule is Cc1ccc(C(C)C)c(OCC(O)C(C)C)c1. The summed E-state index contributed by atoms with van der Waals surface area (Å²) in [6.45, 7) is 10.7. The van der Waals surface area contributed by atoms with Crippen molar-refractivity contribution < 1.29 is 9.84 Å². The maximum Gasteiger partial charge on any atom is 0.123 e. The second-order valence-corrected chi connectivity index (χ2v) is 5.32. The van der Waals surface area contributed by atoms with Crippen LogP contribution in [-0.2, 0) is 0 Å². The van der Waals surface area contributed by atoms with Crippen LogP contribution in [-0.4, -0.2) is 17.8 Å². The van der Waals surface area contributed by atoms with Crippen molar-refractivity contribution in [1.82, 2.24) is 0 Å². The lowest BCUT2D eigenvalue weighted by atomic mass is 10.0. The number of aliphatic hydroxyl groups excluding tert-OH is 1. The van der Waals surface area contributed by atoms with Gasteiger partial charge in [0.05, 0.1) is 6.10 Å². The van der Waals surface area contributed by atoms with E-state index in [2.05, 4.69) is 32.9 Å². The minimum Gasteiger partial charge on any atom is -0.491 e. The Labute approximate surface area is 105 Å². The lowest BCUT2D eigenvalue weighted by Crippen LogP contribution is -2.23. The predicted octanol–water partition coefficient (Wildman–Crippen LogP) is 3.51. The molecule has 96 valence electrons. The normalized spacial score (nSPS) is 13.2. The van der Waals surface area contributed by atoms with E-state index in [-0.39, 0.29) is 5.92 Å². The Morgan fingerprint density at radius 3 is 2.35 bits per heavy atom. The second kappa shape index (κ2) is 6.06. The van der Waals surface area contributed by atoms with E-state index in [1.807, 2.05) is 19.9 Å². The van der Waals surface area contributed by atoms with Crippen molar-refractivity contribution in [3.8, 4) is 5.75 Å². The number of benzene rings is 1. The van der Waals surface area contributed by atoms with Crippen LogP contribution in [0.5, 0.6) is 5.75 Å². The summed E-state index contributed by atoms with van der Waals surface area (Å²) in [7, 11) is 0. The molecule has 1 atom stereocenters. The summed E-state index contributed by atoms with van der Waals surface area (Å²) in [5, 5.41) is 9.76. The molecule has 0 aliphatic heterocycles. The molecule has 0 saturated heterocycles. The lowest BCUT2D eigenvalue weighted by Gasteiger charge is -2.19. The molecule has 1 unspecified atom stereocenters. The summed E-state index contributed by atoms with van der Waals surface area (Å²) in [4.78, 5) is 0. The van der Waals surface area contributed by atoms with Gasteiger partial charge in [0.2, 0.25) is 0 Å². The first-order valence-corrected chi connectivity index (χ1v) is 6.33. The molecule has 0 spiro atoms. The summed E-state index contributed by atoms with van der Waals surface area (Å²) in [5.41, 5.74) is 2.38. The van der Waals surface area contributed by atoms with E-state index in [4.69, 9.17) is 4.74 Å². The van der Waals surface area contributed by atoms with Gasteiger partial charge in [0.25, 0.3) is 0 Å². The van der Waals surface area contributed by atoms with Crippen LogP contribution in [0, 0.1) is 12.8 Å². The highest BCUT2D eigenvalue weighted by atomic mass is 16.5. The molecular formula is C15H24O2. The average Bonchev–Trinajstić information content (AvgIpc) is 2.25. The highest BCUT2D eigenvalue weighted by Gasteiger charge is 2.13. The number of hydrogen-bond acceptors (Lipinski definition) is 2. The Kier molecular flexibility index (Phi) is 5.01. The number of ether oxygens (including phenoxy) is 1. The van der Waals surface area contributed by atoms with Crippen molar-refractivity contribution in [2.45, 2.75) is 46.6 Å². The summed E-state index contributed by atoms with van der Waals surface area (Å²) in [5.74, 6) is 1.56. The van der Waals surface area contributed by atoms with Gasteiger partial charge in [0, 0.05) is 0 Å². The van der Waals surface area contributed by atoms with Gasteiger partial charge < -0.3 is 9.84 Å². The fourth-order valence-corrected chi connectivity index (χ4v) is 1.61. The molecule has 2 nitrogen and oxygen atoms in total. The minimum absolute atomic E-state index is 0.224. The predicted molar refractivity (Wildman–Crippen MR) is 71.6 cm³/mol. The second-order valence-electron chi connectivity index (χ2n) is 5.32. The molecule has 1 rings (SSSR count). The van der Waals surface area contributed by atoms with E-state index < -0.39 is 6.10 Å². The summed E-state index contributed by atoms with van der Waals surface area (Å²) >= 11 is 0. The molecule has 0 amide bonds. The van der Waals surface area contributed by atoms with E-state index in [0.717, 1.165) is 5.75 Å².